The number of thiophene rings is 1. The number of rotatable bonds is 6. The van der Waals surface area contributed by atoms with Crippen molar-refractivity contribution in [3.8, 4) is 10.6 Å². The largest absolute Gasteiger partial charge is 0.312 e. The van der Waals surface area contributed by atoms with Crippen LogP contribution in [0.15, 0.2) is 24.3 Å². The highest BCUT2D eigenvalue weighted by molar-refractivity contribution is 7.22. The third-order valence-corrected chi connectivity index (χ3v) is 6.96. The van der Waals surface area contributed by atoms with Crippen molar-refractivity contribution in [3.05, 3.63) is 39.6 Å². The van der Waals surface area contributed by atoms with Gasteiger partial charge in [-0.05, 0) is 37.1 Å². The number of hydrogen-bond acceptors (Lipinski definition) is 5. The van der Waals surface area contributed by atoms with E-state index >= 15 is 0 Å². The molecule has 1 aliphatic heterocycles. The average molecular weight is 371 g/mol. The molecule has 0 unspecified atom stereocenters. The van der Waals surface area contributed by atoms with Gasteiger partial charge in [0.05, 0.1) is 10.2 Å². The van der Waals surface area contributed by atoms with Crippen LogP contribution in [0.25, 0.3) is 20.8 Å². The number of benzene rings is 1. The Morgan fingerprint density at radius 1 is 1.28 bits per heavy atom. The van der Waals surface area contributed by atoms with Crippen LogP contribution in [-0.4, -0.2) is 17.3 Å². The molecule has 25 heavy (non-hydrogen) atoms. The molecular formula is C20H22N2OS2. The lowest BCUT2D eigenvalue weighted by Crippen LogP contribution is -2.22. The number of para-hydroxylation sites is 1. The van der Waals surface area contributed by atoms with Crippen LogP contribution in [0.2, 0.25) is 0 Å². The lowest BCUT2D eigenvalue weighted by Gasteiger charge is -2.13. The summed E-state index contributed by atoms with van der Waals surface area (Å²) in [6.45, 7) is 4.06. The van der Waals surface area contributed by atoms with Gasteiger partial charge in [-0.2, -0.15) is 0 Å². The van der Waals surface area contributed by atoms with E-state index in [1.807, 2.05) is 17.4 Å². The maximum atomic E-state index is 12.4. The first-order chi connectivity index (χ1) is 12.3. The van der Waals surface area contributed by atoms with Crippen molar-refractivity contribution < 1.29 is 4.79 Å². The molecule has 130 valence electrons. The van der Waals surface area contributed by atoms with E-state index in [1.54, 1.807) is 11.3 Å². The Balaban J connectivity index is 1.76. The number of nitrogens with zero attached hydrogens (tertiary/aromatic N) is 1. The molecule has 0 radical (unpaired) electrons. The molecule has 0 atom stereocenters. The molecule has 0 amide bonds. The summed E-state index contributed by atoms with van der Waals surface area (Å²) >= 11 is 3.56. The monoisotopic (exact) mass is 370 g/mol. The normalized spacial score (nSPS) is 14.0. The molecule has 1 aromatic carbocycles. The molecule has 0 aliphatic carbocycles. The molecule has 0 saturated carbocycles. The van der Waals surface area contributed by atoms with Gasteiger partial charge in [0.1, 0.15) is 10.8 Å². The molecule has 0 bridgehead atoms. The number of Topliss-reactive ketones (excluding diaryl/α,β-unsaturated/α-hetero) is 1. The van der Waals surface area contributed by atoms with E-state index in [0.29, 0.717) is 18.6 Å². The van der Waals surface area contributed by atoms with Crippen LogP contribution in [0.4, 0.5) is 0 Å². The zero-order valence-corrected chi connectivity index (χ0v) is 16.1. The molecule has 3 nitrogen and oxygen atoms in total. The fourth-order valence-corrected chi connectivity index (χ4v) is 5.87. The number of unbranched alkanes of at least 4 members (excludes halogenated alkanes) is 1. The number of carbonyl (C=O) groups is 1. The van der Waals surface area contributed by atoms with E-state index < -0.39 is 0 Å². The average Bonchev–Trinajstić information content (AvgIpc) is 3.20. The number of aromatic nitrogens is 1. The van der Waals surface area contributed by atoms with Crippen molar-refractivity contribution in [3.63, 3.8) is 0 Å². The van der Waals surface area contributed by atoms with Crippen LogP contribution in [0.3, 0.4) is 0 Å². The van der Waals surface area contributed by atoms with Gasteiger partial charge in [-0.25, -0.2) is 4.98 Å². The highest BCUT2D eigenvalue weighted by Crippen LogP contribution is 2.41. The van der Waals surface area contributed by atoms with Gasteiger partial charge in [0, 0.05) is 34.7 Å². The third-order valence-electron chi connectivity index (χ3n) is 4.68. The van der Waals surface area contributed by atoms with Crippen LogP contribution < -0.4 is 5.32 Å². The van der Waals surface area contributed by atoms with Crippen molar-refractivity contribution in [2.45, 2.75) is 45.6 Å². The van der Waals surface area contributed by atoms with E-state index in [0.717, 1.165) is 42.9 Å². The Morgan fingerprint density at radius 2 is 2.16 bits per heavy atom. The first-order valence-electron chi connectivity index (χ1n) is 8.98. The van der Waals surface area contributed by atoms with Gasteiger partial charge in [-0.1, -0.05) is 25.5 Å². The smallest absolute Gasteiger partial charge is 0.138 e. The molecule has 5 heteroatoms. The molecule has 4 rings (SSSR count). The number of ketones is 1. The summed E-state index contributed by atoms with van der Waals surface area (Å²) in [5, 5.41) is 4.54. The van der Waals surface area contributed by atoms with E-state index in [-0.39, 0.29) is 0 Å². The van der Waals surface area contributed by atoms with Gasteiger partial charge in [0.2, 0.25) is 0 Å². The summed E-state index contributed by atoms with van der Waals surface area (Å²) in [5.41, 5.74) is 3.73. The molecular weight excluding hydrogens is 348 g/mol. The van der Waals surface area contributed by atoms with Crippen molar-refractivity contribution >= 4 is 38.7 Å². The predicted molar refractivity (Wildman–Crippen MR) is 107 cm³/mol. The number of nitrogens with one attached hydrogen (secondary N) is 1. The molecule has 0 saturated heterocycles. The van der Waals surface area contributed by atoms with Crippen LogP contribution in [-0.2, 0) is 24.2 Å². The molecule has 2 aromatic heterocycles. The maximum absolute atomic E-state index is 12.4. The number of carbonyl (C=O) groups excluding carboxylic acids is 1. The summed E-state index contributed by atoms with van der Waals surface area (Å²) in [7, 11) is 0. The molecule has 3 aromatic rings. The number of thiazole rings is 1. The minimum Gasteiger partial charge on any atom is -0.312 e. The van der Waals surface area contributed by atoms with E-state index in [1.165, 1.54) is 25.6 Å². The number of hydrogen-bond donors (Lipinski definition) is 1. The standard InChI is InChI=1S/C20H22N2OS2/c1-2-3-6-13(23)11-17-19(14-9-10-21-12-18(14)24-17)20-22-15-7-4-5-8-16(15)25-20/h4-5,7-8,21H,2-3,6,9-12H2,1H3. The summed E-state index contributed by atoms with van der Waals surface area (Å²) < 4.78 is 1.22. The Morgan fingerprint density at radius 3 is 3.00 bits per heavy atom. The second-order valence-corrected chi connectivity index (χ2v) is 8.75. The minimum atomic E-state index is 0.357. The second-order valence-electron chi connectivity index (χ2n) is 6.53. The van der Waals surface area contributed by atoms with Gasteiger partial charge in [0.25, 0.3) is 0 Å². The lowest BCUT2D eigenvalue weighted by atomic mass is 10.0. The van der Waals surface area contributed by atoms with Crippen LogP contribution in [0, 0.1) is 0 Å². The van der Waals surface area contributed by atoms with Crippen molar-refractivity contribution in [1.29, 1.82) is 0 Å². The molecule has 1 N–H and O–H groups in total. The van der Waals surface area contributed by atoms with Crippen molar-refractivity contribution in [2.24, 2.45) is 0 Å². The Bertz CT molecular complexity index is 877. The third kappa shape index (κ3) is 3.41. The van der Waals surface area contributed by atoms with Gasteiger partial charge in [-0.15, -0.1) is 22.7 Å². The molecule has 1 aliphatic rings. The van der Waals surface area contributed by atoms with Gasteiger partial charge < -0.3 is 5.32 Å². The first-order valence-corrected chi connectivity index (χ1v) is 10.6. The fourth-order valence-electron chi connectivity index (χ4n) is 3.38. The van der Waals surface area contributed by atoms with Gasteiger partial charge in [-0.3, -0.25) is 4.79 Å². The highest BCUT2D eigenvalue weighted by Gasteiger charge is 2.24. The Hall–Kier alpha value is -1.56. The molecule has 0 fully saturated rings. The van der Waals surface area contributed by atoms with E-state index in [4.69, 9.17) is 4.98 Å². The summed E-state index contributed by atoms with van der Waals surface area (Å²) in [6.07, 6.45) is 4.34. The quantitative estimate of drug-likeness (QED) is 0.666. The highest BCUT2D eigenvalue weighted by atomic mass is 32.1. The van der Waals surface area contributed by atoms with Crippen molar-refractivity contribution in [1.82, 2.24) is 10.3 Å². The van der Waals surface area contributed by atoms with Crippen molar-refractivity contribution in [2.75, 3.05) is 6.54 Å². The zero-order valence-electron chi connectivity index (χ0n) is 14.4. The summed E-state index contributed by atoms with van der Waals surface area (Å²) in [5.74, 6) is 0.357. The molecule has 0 spiro atoms. The van der Waals surface area contributed by atoms with Gasteiger partial charge >= 0.3 is 0 Å². The Labute approximate surface area is 156 Å². The summed E-state index contributed by atoms with van der Waals surface area (Å²) in [4.78, 5) is 19.9. The van der Waals surface area contributed by atoms with E-state index in [9.17, 15) is 4.79 Å². The van der Waals surface area contributed by atoms with Crippen LogP contribution in [0.1, 0.15) is 41.5 Å². The topological polar surface area (TPSA) is 42.0 Å². The maximum Gasteiger partial charge on any atom is 0.138 e. The fraction of sp³-hybridized carbons (Fsp3) is 0.400. The van der Waals surface area contributed by atoms with Crippen LogP contribution in [0.5, 0.6) is 0 Å². The molecule has 3 heterocycles. The predicted octanol–water partition coefficient (Wildman–Crippen LogP) is 4.97. The number of fused-ring (bicyclic) bond motifs is 2. The minimum absolute atomic E-state index is 0.357. The van der Waals surface area contributed by atoms with E-state index in [2.05, 4.69) is 30.4 Å². The SMILES string of the molecule is CCCCC(=O)Cc1sc2c(c1-c1nc3ccccc3s1)CCNC2. The zero-order chi connectivity index (χ0) is 17.2. The van der Waals surface area contributed by atoms with Crippen LogP contribution >= 0.6 is 22.7 Å². The summed E-state index contributed by atoms with van der Waals surface area (Å²) in [6, 6.07) is 8.30. The van der Waals surface area contributed by atoms with Gasteiger partial charge in [0.15, 0.2) is 0 Å². The first kappa shape index (κ1) is 16.9. The second kappa shape index (κ2) is 7.36. The Kier molecular flexibility index (Phi) is 4.97. The lowest BCUT2D eigenvalue weighted by molar-refractivity contribution is -0.118.